The van der Waals surface area contributed by atoms with Crippen LogP contribution < -0.4 is 0 Å². The van der Waals surface area contributed by atoms with E-state index in [0.717, 1.165) is 18.2 Å². The standard InChI is InChI=1S/C8H4ClFN2O2/c9-7-3-5(10)1-2-6(7)8(4-11)12(13)14/h1-3,8H. The molecule has 0 aliphatic carbocycles. The summed E-state index contributed by atoms with van der Waals surface area (Å²) in [6.07, 6.45) is 0. The number of benzene rings is 1. The lowest BCUT2D eigenvalue weighted by atomic mass is 10.1. The molecule has 0 aliphatic rings. The van der Waals surface area contributed by atoms with Gasteiger partial charge in [-0.2, -0.15) is 5.26 Å². The van der Waals surface area contributed by atoms with E-state index < -0.39 is 16.8 Å². The highest BCUT2D eigenvalue weighted by molar-refractivity contribution is 6.31. The maximum atomic E-state index is 12.6. The molecule has 0 N–H and O–H groups in total. The number of hydrogen-bond donors (Lipinski definition) is 0. The Morgan fingerprint density at radius 1 is 1.64 bits per heavy atom. The van der Waals surface area contributed by atoms with Gasteiger partial charge in [0.05, 0.1) is 10.6 Å². The van der Waals surface area contributed by atoms with Crippen LogP contribution in [0.4, 0.5) is 4.39 Å². The summed E-state index contributed by atoms with van der Waals surface area (Å²) in [5.74, 6) is -0.598. The lowest BCUT2D eigenvalue weighted by Gasteiger charge is -2.03. The van der Waals surface area contributed by atoms with E-state index in [-0.39, 0.29) is 10.6 Å². The zero-order valence-corrected chi connectivity index (χ0v) is 7.53. The third-order valence-corrected chi connectivity index (χ3v) is 1.92. The Morgan fingerprint density at radius 2 is 2.29 bits per heavy atom. The Morgan fingerprint density at radius 3 is 2.71 bits per heavy atom. The van der Waals surface area contributed by atoms with Gasteiger partial charge in [-0.3, -0.25) is 10.1 Å². The normalized spacial score (nSPS) is 11.8. The van der Waals surface area contributed by atoms with Crippen molar-refractivity contribution in [2.75, 3.05) is 0 Å². The van der Waals surface area contributed by atoms with Crippen LogP contribution in [0.1, 0.15) is 11.6 Å². The molecule has 0 spiro atoms. The molecule has 0 bridgehead atoms. The molecule has 0 fully saturated rings. The van der Waals surface area contributed by atoms with Gasteiger partial charge in [-0.25, -0.2) is 4.39 Å². The molecule has 0 aromatic heterocycles. The maximum absolute atomic E-state index is 12.6. The van der Waals surface area contributed by atoms with Crippen LogP contribution in [0.15, 0.2) is 18.2 Å². The van der Waals surface area contributed by atoms with Crippen LogP contribution in [0.5, 0.6) is 0 Å². The minimum Gasteiger partial charge on any atom is -0.263 e. The highest BCUT2D eigenvalue weighted by Crippen LogP contribution is 2.25. The summed E-state index contributed by atoms with van der Waals surface area (Å²) in [5.41, 5.74) is 0.000525. The van der Waals surface area contributed by atoms with E-state index in [1.807, 2.05) is 0 Å². The van der Waals surface area contributed by atoms with Crippen molar-refractivity contribution in [1.29, 1.82) is 5.26 Å². The molecular formula is C8H4ClFN2O2. The average Bonchev–Trinajstić information content (AvgIpc) is 2.09. The Hall–Kier alpha value is -1.67. The van der Waals surface area contributed by atoms with Crippen molar-refractivity contribution in [1.82, 2.24) is 0 Å². The highest BCUT2D eigenvalue weighted by Gasteiger charge is 2.24. The van der Waals surface area contributed by atoms with Crippen molar-refractivity contribution in [3.8, 4) is 6.07 Å². The van der Waals surface area contributed by atoms with E-state index >= 15 is 0 Å². The number of nitriles is 1. The van der Waals surface area contributed by atoms with Gasteiger partial charge in [-0.15, -0.1) is 0 Å². The van der Waals surface area contributed by atoms with Crippen LogP contribution in [-0.2, 0) is 0 Å². The fourth-order valence-electron chi connectivity index (χ4n) is 0.954. The second-order valence-electron chi connectivity index (χ2n) is 2.48. The van der Waals surface area contributed by atoms with E-state index in [0.29, 0.717) is 0 Å². The summed E-state index contributed by atoms with van der Waals surface area (Å²) in [6, 6.07) is 3.01. The van der Waals surface area contributed by atoms with Crippen LogP contribution >= 0.6 is 11.6 Å². The minimum atomic E-state index is -1.55. The van der Waals surface area contributed by atoms with Gasteiger partial charge < -0.3 is 0 Å². The van der Waals surface area contributed by atoms with Gasteiger partial charge in [-0.1, -0.05) is 11.6 Å². The molecule has 1 atom stereocenters. The summed E-state index contributed by atoms with van der Waals surface area (Å²) in [7, 11) is 0. The first-order chi connectivity index (χ1) is 6.56. The number of hydrogen-bond acceptors (Lipinski definition) is 3. The van der Waals surface area contributed by atoms with Crippen molar-refractivity contribution in [2.45, 2.75) is 6.04 Å². The Kier molecular flexibility index (Phi) is 2.99. The van der Waals surface area contributed by atoms with Gasteiger partial charge in [0, 0.05) is 4.92 Å². The zero-order valence-electron chi connectivity index (χ0n) is 6.78. The Labute approximate surface area is 83.7 Å². The first kappa shape index (κ1) is 10.4. The third-order valence-electron chi connectivity index (χ3n) is 1.59. The zero-order chi connectivity index (χ0) is 10.7. The molecule has 0 radical (unpaired) electrons. The maximum Gasteiger partial charge on any atom is 0.323 e. The van der Waals surface area contributed by atoms with Crippen LogP contribution in [0.3, 0.4) is 0 Å². The SMILES string of the molecule is N#CC(c1ccc(F)cc1Cl)[N+](=O)[O-]. The van der Waals surface area contributed by atoms with Gasteiger partial charge in [0.1, 0.15) is 11.9 Å². The summed E-state index contributed by atoms with van der Waals surface area (Å²) in [6.45, 7) is 0. The number of halogens is 2. The van der Waals surface area contributed by atoms with Gasteiger partial charge in [0.2, 0.25) is 0 Å². The van der Waals surface area contributed by atoms with Gasteiger partial charge >= 0.3 is 6.04 Å². The Bertz CT molecular complexity index is 416. The molecular weight excluding hydrogens is 211 g/mol. The van der Waals surface area contributed by atoms with Gasteiger partial charge in [-0.05, 0) is 18.2 Å². The predicted molar refractivity (Wildman–Crippen MR) is 46.8 cm³/mol. The van der Waals surface area contributed by atoms with E-state index in [2.05, 4.69) is 0 Å². The van der Waals surface area contributed by atoms with Gasteiger partial charge in [0.25, 0.3) is 0 Å². The molecule has 1 rings (SSSR count). The lowest BCUT2D eigenvalue weighted by Crippen LogP contribution is -2.08. The largest absolute Gasteiger partial charge is 0.323 e. The smallest absolute Gasteiger partial charge is 0.263 e. The first-order valence-corrected chi connectivity index (χ1v) is 3.92. The molecule has 1 aromatic carbocycles. The summed E-state index contributed by atoms with van der Waals surface area (Å²) < 4.78 is 12.6. The van der Waals surface area contributed by atoms with Crippen LogP contribution in [0.25, 0.3) is 0 Å². The summed E-state index contributed by atoms with van der Waals surface area (Å²) >= 11 is 5.55. The van der Waals surface area contributed by atoms with Crippen molar-refractivity contribution in [3.05, 3.63) is 44.7 Å². The fraction of sp³-hybridized carbons (Fsp3) is 0.125. The fourth-order valence-corrected chi connectivity index (χ4v) is 1.22. The third kappa shape index (κ3) is 1.98. The van der Waals surface area contributed by atoms with Crippen molar-refractivity contribution in [2.24, 2.45) is 0 Å². The molecule has 0 aliphatic heterocycles. The molecule has 1 aromatic rings. The number of nitrogens with zero attached hydrogens (tertiary/aromatic N) is 2. The topological polar surface area (TPSA) is 66.9 Å². The van der Waals surface area contributed by atoms with E-state index in [1.54, 1.807) is 0 Å². The second kappa shape index (κ2) is 4.03. The quantitative estimate of drug-likeness (QED) is 0.560. The van der Waals surface area contributed by atoms with Crippen molar-refractivity contribution < 1.29 is 9.31 Å². The first-order valence-electron chi connectivity index (χ1n) is 3.54. The molecule has 0 saturated carbocycles. The molecule has 1 unspecified atom stereocenters. The Balaban J connectivity index is 3.19. The van der Waals surface area contributed by atoms with E-state index in [1.165, 1.54) is 6.07 Å². The monoisotopic (exact) mass is 214 g/mol. The average molecular weight is 215 g/mol. The van der Waals surface area contributed by atoms with E-state index in [4.69, 9.17) is 16.9 Å². The molecule has 0 saturated heterocycles. The minimum absolute atomic E-state index is 0.000525. The van der Waals surface area contributed by atoms with E-state index in [9.17, 15) is 14.5 Å². The molecule has 0 heterocycles. The molecule has 0 amide bonds. The van der Waals surface area contributed by atoms with Crippen molar-refractivity contribution >= 4 is 11.6 Å². The predicted octanol–water partition coefficient (Wildman–Crippen LogP) is 2.32. The highest BCUT2D eigenvalue weighted by atomic mass is 35.5. The number of nitro groups is 1. The van der Waals surface area contributed by atoms with Gasteiger partial charge in [0.15, 0.2) is 0 Å². The molecule has 72 valence electrons. The van der Waals surface area contributed by atoms with Crippen LogP contribution in [-0.4, -0.2) is 4.92 Å². The summed E-state index contributed by atoms with van der Waals surface area (Å²) in [5, 5.41) is 18.8. The van der Waals surface area contributed by atoms with Crippen molar-refractivity contribution in [3.63, 3.8) is 0 Å². The molecule has 6 heteroatoms. The summed E-state index contributed by atoms with van der Waals surface area (Å²) in [4.78, 5) is 9.62. The lowest BCUT2D eigenvalue weighted by molar-refractivity contribution is -0.512. The van der Waals surface area contributed by atoms with Crippen LogP contribution in [0, 0.1) is 27.3 Å². The molecule has 4 nitrogen and oxygen atoms in total. The molecule has 14 heavy (non-hydrogen) atoms. The second-order valence-corrected chi connectivity index (χ2v) is 2.89. The van der Waals surface area contributed by atoms with Crippen LogP contribution in [0.2, 0.25) is 5.02 Å². The number of rotatable bonds is 2.